The van der Waals surface area contributed by atoms with Crippen LogP contribution in [-0.2, 0) is 0 Å². The molecule has 0 saturated carbocycles. The SMILES string of the molecule is CCNC(=O)c1cc(NCCCCCN)ccn1. The van der Waals surface area contributed by atoms with Gasteiger partial charge in [0, 0.05) is 25.0 Å². The number of hydrogen-bond donors (Lipinski definition) is 3. The average molecular weight is 250 g/mol. The van der Waals surface area contributed by atoms with Crippen LogP contribution in [0.5, 0.6) is 0 Å². The summed E-state index contributed by atoms with van der Waals surface area (Å²) >= 11 is 0. The molecule has 1 amide bonds. The fourth-order valence-electron chi connectivity index (χ4n) is 1.59. The lowest BCUT2D eigenvalue weighted by Gasteiger charge is -2.07. The Kier molecular flexibility index (Phi) is 6.79. The molecule has 1 aromatic heterocycles. The number of amides is 1. The van der Waals surface area contributed by atoms with E-state index in [1.807, 2.05) is 13.0 Å². The van der Waals surface area contributed by atoms with Crippen LogP contribution in [0.1, 0.15) is 36.7 Å². The maximum Gasteiger partial charge on any atom is 0.269 e. The van der Waals surface area contributed by atoms with Crippen LogP contribution in [0.25, 0.3) is 0 Å². The Morgan fingerprint density at radius 2 is 2.22 bits per heavy atom. The molecule has 5 heteroatoms. The summed E-state index contributed by atoms with van der Waals surface area (Å²) in [7, 11) is 0. The van der Waals surface area contributed by atoms with E-state index in [4.69, 9.17) is 5.73 Å². The molecule has 18 heavy (non-hydrogen) atoms. The van der Waals surface area contributed by atoms with Crippen molar-refractivity contribution < 1.29 is 4.79 Å². The van der Waals surface area contributed by atoms with Crippen LogP contribution in [0.15, 0.2) is 18.3 Å². The van der Waals surface area contributed by atoms with Gasteiger partial charge in [-0.1, -0.05) is 6.42 Å². The highest BCUT2D eigenvalue weighted by Crippen LogP contribution is 2.08. The van der Waals surface area contributed by atoms with Gasteiger partial charge in [0.15, 0.2) is 0 Å². The number of aromatic nitrogens is 1. The molecule has 1 rings (SSSR count). The van der Waals surface area contributed by atoms with E-state index in [0.717, 1.165) is 38.0 Å². The van der Waals surface area contributed by atoms with Gasteiger partial charge in [-0.3, -0.25) is 9.78 Å². The van der Waals surface area contributed by atoms with Crippen LogP contribution in [-0.4, -0.2) is 30.5 Å². The van der Waals surface area contributed by atoms with Gasteiger partial charge in [-0.15, -0.1) is 0 Å². The summed E-state index contributed by atoms with van der Waals surface area (Å²) < 4.78 is 0. The number of nitrogens with two attached hydrogens (primary N) is 1. The standard InChI is InChI=1S/C13H22N4O/c1-2-15-13(18)12-10-11(6-9-17-12)16-8-5-3-4-7-14/h6,9-10H,2-5,7-8,14H2,1H3,(H,15,18)(H,16,17). The van der Waals surface area contributed by atoms with Crippen LogP contribution in [0, 0.1) is 0 Å². The molecule has 1 heterocycles. The topological polar surface area (TPSA) is 80.0 Å². The van der Waals surface area contributed by atoms with E-state index >= 15 is 0 Å². The van der Waals surface area contributed by atoms with E-state index in [1.54, 1.807) is 12.3 Å². The monoisotopic (exact) mass is 250 g/mol. The van der Waals surface area contributed by atoms with Crippen molar-refractivity contribution in [3.8, 4) is 0 Å². The number of unbranched alkanes of at least 4 members (excludes halogenated alkanes) is 2. The molecule has 0 aliphatic heterocycles. The third-order valence-corrected chi connectivity index (χ3v) is 2.54. The van der Waals surface area contributed by atoms with Gasteiger partial charge in [0.1, 0.15) is 5.69 Å². The third kappa shape index (κ3) is 5.14. The lowest BCUT2D eigenvalue weighted by molar-refractivity contribution is 0.0951. The van der Waals surface area contributed by atoms with Crippen LogP contribution >= 0.6 is 0 Å². The van der Waals surface area contributed by atoms with Gasteiger partial charge in [0.2, 0.25) is 0 Å². The van der Waals surface area contributed by atoms with Crippen molar-refractivity contribution in [3.63, 3.8) is 0 Å². The minimum atomic E-state index is -0.135. The summed E-state index contributed by atoms with van der Waals surface area (Å²) in [6.45, 7) is 4.13. The van der Waals surface area contributed by atoms with Crippen molar-refractivity contribution in [2.24, 2.45) is 5.73 Å². The van der Waals surface area contributed by atoms with E-state index < -0.39 is 0 Å². The number of carbonyl (C=O) groups excluding carboxylic acids is 1. The van der Waals surface area contributed by atoms with Crippen molar-refractivity contribution >= 4 is 11.6 Å². The molecule has 0 unspecified atom stereocenters. The second-order valence-electron chi connectivity index (χ2n) is 4.07. The summed E-state index contributed by atoms with van der Waals surface area (Å²) in [5.74, 6) is -0.135. The molecular weight excluding hydrogens is 228 g/mol. The number of hydrogen-bond acceptors (Lipinski definition) is 4. The van der Waals surface area contributed by atoms with E-state index in [-0.39, 0.29) is 5.91 Å². The molecule has 0 fully saturated rings. The molecule has 0 aromatic carbocycles. The fraction of sp³-hybridized carbons (Fsp3) is 0.538. The van der Waals surface area contributed by atoms with Gasteiger partial charge >= 0.3 is 0 Å². The molecule has 0 aliphatic carbocycles. The Hall–Kier alpha value is -1.62. The normalized spacial score (nSPS) is 10.1. The zero-order valence-electron chi connectivity index (χ0n) is 10.9. The molecule has 5 nitrogen and oxygen atoms in total. The number of carbonyl (C=O) groups is 1. The molecule has 1 aromatic rings. The third-order valence-electron chi connectivity index (χ3n) is 2.54. The summed E-state index contributed by atoms with van der Waals surface area (Å²) in [6.07, 6.45) is 4.91. The fourth-order valence-corrected chi connectivity index (χ4v) is 1.59. The number of nitrogens with one attached hydrogen (secondary N) is 2. The molecular formula is C13H22N4O. The lowest BCUT2D eigenvalue weighted by atomic mass is 10.2. The van der Waals surface area contributed by atoms with Crippen molar-refractivity contribution in [1.29, 1.82) is 0 Å². The van der Waals surface area contributed by atoms with Crippen molar-refractivity contribution in [1.82, 2.24) is 10.3 Å². The van der Waals surface area contributed by atoms with E-state index in [0.29, 0.717) is 12.2 Å². The Morgan fingerprint density at radius 1 is 1.39 bits per heavy atom. The van der Waals surface area contributed by atoms with Crippen LogP contribution in [0.4, 0.5) is 5.69 Å². The molecule has 100 valence electrons. The first-order valence-corrected chi connectivity index (χ1v) is 6.46. The number of nitrogens with zero attached hydrogens (tertiary/aromatic N) is 1. The number of rotatable bonds is 8. The Morgan fingerprint density at radius 3 is 2.94 bits per heavy atom. The first-order valence-electron chi connectivity index (χ1n) is 6.46. The minimum Gasteiger partial charge on any atom is -0.385 e. The van der Waals surface area contributed by atoms with E-state index in [2.05, 4.69) is 15.6 Å². The predicted octanol–water partition coefficient (Wildman–Crippen LogP) is 1.37. The van der Waals surface area contributed by atoms with Gasteiger partial charge in [0.05, 0.1) is 0 Å². The minimum absolute atomic E-state index is 0.135. The summed E-state index contributed by atoms with van der Waals surface area (Å²) in [5.41, 5.74) is 6.81. The van der Waals surface area contributed by atoms with Crippen molar-refractivity contribution in [3.05, 3.63) is 24.0 Å². The predicted molar refractivity (Wildman–Crippen MR) is 73.6 cm³/mol. The second-order valence-corrected chi connectivity index (χ2v) is 4.07. The Bertz CT molecular complexity index is 368. The Labute approximate surface area is 108 Å². The van der Waals surface area contributed by atoms with Gasteiger partial charge in [-0.25, -0.2) is 0 Å². The highest BCUT2D eigenvalue weighted by molar-refractivity contribution is 5.93. The highest BCUT2D eigenvalue weighted by atomic mass is 16.1. The van der Waals surface area contributed by atoms with Gasteiger partial charge in [-0.2, -0.15) is 0 Å². The molecule has 0 atom stereocenters. The maximum absolute atomic E-state index is 11.6. The second kappa shape index (κ2) is 8.47. The van der Waals surface area contributed by atoms with Crippen LogP contribution < -0.4 is 16.4 Å². The molecule has 0 radical (unpaired) electrons. The van der Waals surface area contributed by atoms with E-state index in [1.165, 1.54) is 0 Å². The summed E-state index contributed by atoms with van der Waals surface area (Å²) in [6, 6.07) is 3.64. The van der Waals surface area contributed by atoms with E-state index in [9.17, 15) is 4.79 Å². The number of pyridine rings is 1. The molecule has 0 aliphatic rings. The zero-order valence-corrected chi connectivity index (χ0v) is 10.9. The van der Waals surface area contributed by atoms with Crippen molar-refractivity contribution in [2.75, 3.05) is 25.0 Å². The molecule has 0 bridgehead atoms. The highest BCUT2D eigenvalue weighted by Gasteiger charge is 2.05. The van der Waals surface area contributed by atoms with Gasteiger partial charge in [-0.05, 0) is 38.4 Å². The molecule has 0 saturated heterocycles. The first-order chi connectivity index (χ1) is 8.77. The Balaban J connectivity index is 2.42. The largest absolute Gasteiger partial charge is 0.385 e. The summed E-state index contributed by atoms with van der Waals surface area (Å²) in [5, 5.41) is 6.01. The van der Waals surface area contributed by atoms with Gasteiger partial charge < -0.3 is 16.4 Å². The van der Waals surface area contributed by atoms with Crippen molar-refractivity contribution in [2.45, 2.75) is 26.2 Å². The molecule has 4 N–H and O–H groups in total. The smallest absolute Gasteiger partial charge is 0.269 e. The average Bonchev–Trinajstić information content (AvgIpc) is 2.39. The zero-order chi connectivity index (χ0) is 13.2. The lowest BCUT2D eigenvalue weighted by Crippen LogP contribution is -2.23. The first kappa shape index (κ1) is 14.4. The van der Waals surface area contributed by atoms with Crippen LogP contribution in [0.2, 0.25) is 0 Å². The van der Waals surface area contributed by atoms with Crippen LogP contribution in [0.3, 0.4) is 0 Å². The summed E-state index contributed by atoms with van der Waals surface area (Å²) in [4.78, 5) is 15.6. The maximum atomic E-state index is 11.6. The molecule has 0 spiro atoms. The van der Waals surface area contributed by atoms with Gasteiger partial charge in [0.25, 0.3) is 5.91 Å². The quantitative estimate of drug-likeness (QED) is 0.609. The number of anilines is 1.